The first-order valence-electron chi connectivity index (χ1n) is 8.66. The minimum atomic E-state index is -3.60. The van der Waals surface area contributed by atoms with E-state index in [-0.39, 0.29) is 10.8 Å². The molecule has 0 saturated carbocycles. The molecule has 0 radical (unpaired) electrons. The molecular weight excluding hydrogens is 404 g/mol. The molecule has 10 heteroatoms. The fourth-order valence-corrected chi connectivity index (χ4v) is 6.48. The van der Waals surface area contributed by atoms with E-state index in [9.17, 15) is 8.42 Å². The third-order valence-corrected chi connectivity index (χ3v) is 8.43. The van der Waals surface area contributed by atoms with Crippen molar-refractivity contribution >= 4 is 37.8 Å². The minimum Gasteiger partial charge on any atom is -0.361 e. The molecule has 1 N–H and O–H groups in total. The van der Waals surface area contributed by atoms with Crippen LogP contribution in [0.2, 0.25) is 0 Å². The Bertz CT molecular complexity index is 1030. The average Bonchev–Trinajstić information content (AvgIpc) is 3.41. The van der Waals surface area contributed by atoms with E-state index in [0.717, 1.165) is 40.0 Å². The van der Waals surface area contributed by atoms with Gasteiger partial charge in [0.05, 0.1) is 23.5 Å². The molecule has 0 aromatic carbocycles. The lowest BCUT2D eigenvalue weighted by molar-refractivity contribution is 0.393. The molecule has 1 saturated heterocycles. The highest BCUT2D eigenvalue weighted by Crippen LogP contribution is 2.34. The summed E-state index contributed by atoms with van der Waals surface area (Å²) in [7, 11) is -3.60. The van der Waals surface area contributed by atoms with Gasteiger partial charge in [0.1, 0.15) is 9.97 Å². The van der Waals surface area contributed by atoms with Crippen LogP contribution in [0.3, 0.4) is 0 Å². The molecule has 0 aliphatic carbocycles. The third-order valence-electron chi connectivity index (χ3n) is 4.49. The summed E-state index contributed by atoms with van der Waals surface area (Å²) in [5.74, 6) is 0.683. The Balaban J connectivity index is 1.46. The third kappa shape index (κ3) is 3.79. The molecule has 1 fully saturated rings. The highest BCUT2D eigenvalue weighted by atomic mass is 32.2. The first-order valence-corrected chi connectivity index (χ1v) is 11.8. The lowest BCUT2D eigenvalue weighted by Gasteiger charge is -2.12. The van der Waals surface area contributed by atoms with Gasteiger partial charge in [0.15, 0.2) is 5.13 Å². The van der Waals surface area contributed by atoms with Crippen molar-refractivity contribution in [3.8, 4) is 10.4 Å². The predicted octanol–water partition coefficient (Wildman–Crippen LogP) is 3.56. The highest BCUT2D eigenvalue weighted by molar-refractivity contribution is 7.91. The van der Waals surface area contributed by atoms with Gasteiger partial charge in [-0.1, -0.05) is 5.16 Å². The second kappa shape index (κ2) is 7.34. The maximum Gasteiger partial charge on any atom is 0.250 e. The summed E-state index contributed by atoms with van der Waals surface area (Å²) in [6.07, 6.45) is 2.38. The van der Waals surface area contributed by atoms with E-state index in [1.54, 1.807) is 23.5 Å². The molecule has 144 valence electrons. The Kier molecular flexibility index (Phi) is 5.06. The van der Waals surface area contributed by atoms with Crippen molar-refractivity contribution in [1.29, 1.82) is 0 Å². The number of thiophene rings is 1. The number of sulfonamides is 1. The van der Waals surface area contributed by atoms with Crippen LogP contribution in [0.4, 0.5) is 5.13 Å². The molecule has 0 atom stereocenters. The number of hydrogen-bond acceptors (Lipinski definition) is 8. The largest absolute Gasteiger partial charge is 0.361 e. The SMILES string of the molecule is Cc1noc(C)c1-c1ccc(S(=O)(=O)NCc2csc(N3CCCC3)n2)s1. The Hall–Kier alpha value is -1.75. The molecule has 27 heavy (non-hydrogen) atoms. The van der Waals surface area contributed by atoms with Gasteiger partial charge in [0.25, 0.3) is 0 Å². The predicted molar refractivity (Wildman–Crippen MR) is 107 cm³/mol. The molecule has 0 bridgehead atoms. The zero-order valence-electron chi connectivity index (χ0n) is 15.1. The van der Waals surface area contributed by atoms with Crippen molar-refractivity contribution in [3.05, 3.63) is 34.7 Å². The molecule has 0 unspecified atom stereocenters. The number of aromatic nitrogens is 2. The zero-order valence-corrected chi connectivity index (χ0v) is 17.5. The van der Waals surface area contributed by atoms with E-state index < -0.39 is 10.0 Å². The summed E-state index contributed by atoms with van der Waals surface area (Å²) in [5.41, 5.74) is 2.35. The number of hydrogen-bond donors (Lipinski definition) is 1. The number of anilines is 1. The lowest BCUT2D eigenvalue weighted by atomic mass is 10.2. The fraction of sp³-hybridized carbons (Fsp3) is 0.412. The van der Waals surface area contributed by atoms with Crippen LogP contribution in [-0.2, 0) is 16.6 Å². The van der Waals surface area contributed by atoms with Gasteiger partial charge in [0, 0.05) is 23.3 Å². The molecular formula is C17H20N4O3S3. The van der Waals surface area contributed by atoms with Crippen LogP contribution in [0.25, 0.3) is 10.4 Å². The number of nitrogens with zero attached hydrogens (tertiary/aromatic N) is 3. The van der Waals surface area contributed by atoms with Gasteiger partial charge in [-0.25, -0.2) is 18.1 Å². The molecule has 3 aromatic heterocycles. The Labute approximate surface area is 166 Å². The van der Waals surface area contributed by atoms with Crippen LogP contribution in [0.5, 0.6) is 0 Å². The first-order chi connectivity index (χ1) is 12.9. The molecule has 3 aromatic rings. The van der Waals surface area contributed by atoms with Crippen molar-refractivity contribution in [2.45, 2.75) is 37.4 Å². The maximum atomic E-state index is 12.6. The monoisotopic (exact) mass is 424 g/mol. The quantitative estimate of drug-likeness (QED) is 0.651. The van der Waals surface area contributed by atoms with Crippen molar-refractivity contribution in [1.82, 2.24) is 14.9 Å². The molecule has 1 aliphatic rings. The van der Waals surface area contributed by atoms with E-state index in [1.165, 1.54) is 24.2 Å². The van der Waals surface area contributed by atoms with Gasteiger partial charge in [-0.15, -0.1) is 22.7 Å². The number of rotatable bonds is 6. The minimum absolute atomic E-state index is 0.186. The summed E-state index contributed by atoms with van der Waals surface area (Å²) in [6, 6.07) is 3.41. The van der Waals surface area contributed by atoms with Gasteiger partial charge >= 0.3 is 0 Å². The van der Waals surface area contributed by atoms with Crippen LogP contribution >= 0.6 is 22.7 Å². The maximum absolute atomic E-state index is 12.6. The van der Waals surface area contributed by atoms with Crippen molar-refractivity contribution in [2.75, 3.05) is 18.0 Å². The molecule has 4 rings (SSSR count). The lowest BCUT2D eigenvalue weighted by Crippen LogP contribution is -2.23. The number of thiazole rings is 1. The molecule has 1 aliphatic heterocycles. The van der Waals surface area contributed by atoms with Crippen molar-refractivity contribution in [3.63, 3.8) is 0 Å². The van der Waals surface area contributed by atoms with Gasteiger partial charge in [-0.05, 0) is 38.8 Å². The highest BCUT2D eigenvalue weighted by Gasteiger charge is 2.21. The van der Waals surface area contributed by atoms with Crippen molar-refractivity contribution < 1.29 is 12.9 Å². The first kappa shape index (κ1) is 18.6. The van der Waals surface area contributed by atoms with Crippen molar-refractivity contribution in [2.24, 2.45) is 0 Å². The second-order valence-corrected chi connectivity index (χ2v) is 10.4. The summed E-state index contributed by atoms with van der Waals surface area (Å²) in [5, 5.41) is 6.82. The van der Waals surface area contributed by atoms with Crippen LogP contribution in [-0.4, -0.2) is 31.6 Å². The van der Waals surface area contributed by atoms with Gasteiger partial charge < -0.3 is 9.42 Å². The van der Waals surface area contributed by atoms with Crippen LogP contribution in [0, 0.1) is 13.8 Å². The van der Waals surface area contributed by atoms with E-state index in [1.807, 2.05) is 19.2 Å². The number of nitrogens with one attached hydrogen (secondary N) is 1. The zero-order chi connectivity index (χ0) is 19.0. The standard InChI is InChI=1S/C17H20N4O3S3/c1-11-16(12(2)24-20-11)14-5-6-15(26-14)27(22,23)18-9-13-10-25-17(19-13)21-7-3-4-8-21/h5-6,10,18H,3-4,7-9H2,1-2H3. The fourth-order valence-electron chi connectivity index (χ4n) is 3.10. The molecule has 4 heterocycles. The number of aryl methyl sites for hydroxylation is 2. The van der Waals surface area contributed by atoms with Gasteiger partial charge in [0.2, 0.25) is 10.0 Å². The van der Waals surface area contributed by atoms with Gasteiger partial charge in [-0.2, -0.15) is 0 Å². The van der Waals surface area contributed by atoms with E-state index in [0.29, 0.717) is 5.76 Å². The van der Waals surface area contributed by atoms with Crippen LogP contribution in [0.15, 0.2) is 26.2 Å². The van der Waals surface area contributed by atoms with E-state index in [2.05, 4.69) is 19.8 Å². The molecule has 7 nitrogen and oxygen atoms in total. The average molecular weight is 425 g/mol. The molecule has 0 amide bonds. The van der Waals surface area contributed by atoms with E-state index >= 15 is 0 Å². The van der Waals surface area contributed by atoms with E-state index in [4.69, 9.17) is 4.52 Å². The second-order valence-electron chi connectivity index (χ2n) is 6.46. The summed E-state index contributed by atoms with van der Waals surface area (Å²) in [6.45, 7) is 5.90. The Morgan fingerprint density at radius 2 is 2.04 bits per heavy atom. The van der Waals surface area contributed by atoms with Crippen LogP contribution in [0.1, 0.15) is 30.0 Å². The summed E-state index contributed by atoms with van der Waals surface area (Å²) >= 11 is 2.77. The summed E-state index contributed by atoms with van der Waals surface area (Å²) in [4.78, 5) is 7.64. The molecule has 0 spiro atoms. The Morgan fingerprint density at radius 3 is 2.74 bits per heavy atom. The van der Waals surface area contributed by atoms with Crippen LogP contribution < -0.4 is 9.62 Å². The Morgan fingerprint density at radius 1 is 1.26 bits per heavy atom. The normalized spacial score (nSPS) is 15.0. The van der Waals surface area contributed by atoms with Gasteiger partial charge in [-0.3, -0.25) is 0 Å². The topological polar surface area (TPSA) is 88.3 Å². The summed E-state index contributed by atoms with van der Waals surface area (Å²) < 4.78 is 33.4. The smallest absolute Gasteiger partial charge is 0.250 e.